The van der Waals surface area contributed by atoms with Gasteiger partial charge in [0.05, 0.1) is 7.11 Å². The van der Waals surface area contributed by atoms with E-state index in [4.69, 9.17) is 10.5 Å². The fraction of sp³-hybridized carbons (Fsp3) is 0.333. The monoisotopic (exact) mass is 284 g/mol. The second-order valence-electron chi connectivity index (χ2n) is 5.10. The Bertz CT molecular complexity index is 554. The first-order chi connectivity index (χ1) is 10.3. The highest BCUT2D eigenvalue weighted by atomic mass is 16.5. The minimum Gasteiger partial charge on any atom is -0.496 e. The van der Waals surface area contributed by atoms with Crippen LogP contribution in [0.25, 0.3) is 0 Å². The standard InChI is InChI=1S/C18H24N2O/c1-21-18-8-3-2-7-17(18)10-12-20-14-16-6-4-5-15(13-16)9-11-19/h2-8,13,20H,9-12,14,19H2,1H3. The van der Waals surface area contributed by atoms with Gasteiger partial charge in [-0.1, -0.05) is 42.5 Å². The van der Waals surface area contributed by atoms with Crippen molar-refractivity contribution in [3.8, 4) is 5.75 Å². The summed E-state index contributed by atoms with van der Waals surface area (Å²) in [5, 5.41) is 3.48. The van der Waals surface area contributed by atoms with Crippen molar-refractivity contribution in [2.45, 2.75) is 19.4 Å². The number of methoxy groups -OCH3 is 1. The molecule has 112 valence electrons. The van der Waals surface area contributed by atoms with Crippen LogP contribution in [-0.4, -0.2) is 20.2 Å². The molecule has 0 saturated heterocycles. The molecule has 0 spiro atoms. The zero-order valence-corrected chi connectivity index (χ0v) is 12.6. The van der Waals surface area contributed by atoms with Gasteiger partial charge in [-0.2, -0.15) is 0 Å². The summed E-state index contributed by atoms with van der Waals surface area (Å²) in [7, 11) is 1.72. The van der Waals surface area contributed by atoms with E-state index < -0.39 is 0 Å². The van der Waals surface area contributed by atoms with E-state index in [2.05, 4.69) is 35.6 Å². The Kier molecular flexibility index (Phi) is 6.25. The van der Waals surface area contributed by atoms with Crippen LogP contribution in [0.4, 0.5) is 0 Å². The van der Waals surface area contributed by atoms with Gasteiger partial charge in [0.25, 0.3) is 0 Å². The summed E-state index contributed by atoms with van der Waals surface area (Å²) in [6.45, 7) is 2.51. The fourth-order valence-corrected chi connectivity index (χ4v) is 2.43. The second kappa shape index (κ2) is 8.45. The van der Waals surface area contributed by atoms with Crippen molar-refractivity contribution < 1.29 is 4.74 Å². The molecule has 0 radical (unpaired) electrons. The van der Waals surface area contributed by atoms with Crippen molar-refractivity contribution in [3.63, 3.8) is 0 Å². The van der Waals surface area contributed by atoms with Crippen LogP contribution >= 0.6 is 0 Å². The number of benzene rings is 2. The van der Waals surface area contributed by atoms with E-state index >= 15 is 0 Å². The maximum absolute atomic E-state index is 5.60. The van der Waals surface area contributed by atoms with Gasteiger partial charge < -0.3 is 15.8 Å². The smallest absolute Gasteiger partial charge is 0.122 e. The number of nitrogens with two attached hydrogens (primary N) is 1. The maximum atomic E-state index is 5.60. The Morgan fingerprint density at radius 2 is 1.81 bits per heavy atom. The van der Waals surface area contributed by atoms with Crippen LogP contribution in [0, 0.1) is 0 Å². The molecule has 0 saturated carbocycles. The Hall–Kier alpha value is -1.84. The van der Waals surface area contributed by atoms with Gasteiger partial charge in [0.2, 0.25) is 0 Å². The Balaban J connectivity index is 1.80. The molecule has 3 N–H and O–H groups in total. The largest absolute Gasteiger partial charge is 0.496 e. The highest BCUT2D eigenvalue weighted by Gasteiger charge is 2.01. The predicted octanol–water partition coefficient (Wildman–Crippen LogP) is 2.53. The van der Waals surface area contributed by atoms with E-state index in [1.54, 1.807) is 7.11 Å². The molecule has 0 aromatic heterocycles. The quantitative estimate of drug-likeness (QED) is 0.732. The molecule has 0 aliphatic carbocycles. The van der Waals surface area contributed by atoms with E-state index in [1.165, 1.54) is 16.7 Å². The van der Waals surface area contributed by atoms with E-state index in [0.717, 1.165) is 31.7 Å². The summed E-state index contributed by atoms with van der Waals surface area (Å²) in [6, 6.07) is 16.8. The van der Waals surface area contributed by atoms with Gasteiger partial charge in [0, 0.05) is 6.54 Å². The molecule has 0 bridgehead atoms. The lowest BCUT2D eigenvalue weighted by atomic mass is 10.1. The van der Waals surface area contributed by atoms with Crippen LogP contribution in [0.3, 0.4) is 0 Å². The minimum atomic E-state index is 0.699. The summed E-state index contributed by atoms with van der Waals surface area (Å²) in [4.78, 5) is 0. The van der Waals surface area contributed by atoms with Gasteiger partial charge >= 0.3 is 0 Å². The van der Waals surface area contributed by atoms with Gasteiger partial charge in [0.15, 0.2) is 0 Å². The zero-order valence-electron chi connectivity index (χ0n) is 12.6. The van der Waals surface area contributed by atoms with Crippen LogP contribution < -0.4 is 15.8 Å². The molecule has 0 heterocycles. The zero-order chi connectivity index (χ0) is 14.9. The van der Waals surface area contributed by atoms with Crippen molar-refractivity contribution in [2.75, 3.05) is 20.2 Å². The molecule has 3 nitrogen and oxygen atoms in total. The number of nitrogens with one attached hydrogen (secondary N) is 1. The molecule has 3 heteroatoms. The van der Waals surface area contributed by atoms with Gasteiger partial charge in [-0.05, 0) is 48.7 Å². The van der Waals surface area contributed by atoms with Crippen LogP contribution in [0.1, 0.15) is 16.7 Å². The summed E-state index contributed by atoms with van der Waals surface area (Å²) < 4.78 is 5.36. The third-order valence-corrected chi connectivity index (χ3v) is 3.52. The number of hydrogen-bond donors (Lipinski definition) is 2. The van der Waals surface area contributed by atoms with Crippen LogP contribution in [0.15, 0.2) is 48.5 Å². The molecule has 0 aliphatic rings. The first kappa shape index (κ1) is 15.5. The van der Waals surface area contributed by atoms with Crippen molar-refractivity contribution in [1.82, 2.24) is 5.32 Å². The average molecular weight is 284 g/mol. The lowest BCUT2D eigenvalue weighted by Gasteiger charge is -2.09. The third-order valence-electron chi connectivity index (χ3n) is 3.52. The van der Waals surface area contributed by atoms with Crippen molar-refractivity contribution in [3.05, 3.63) is 65.2 Å². The van der Waals surface area contributed by atoms with Gasteiger partial charge in [-0.3, -0.25) is 0 Å². The SMILES string of the molecule is COc1ccccc1CCNCc1cccc(CCN)c1. The maximum Gasteiger partial charge on any atom is 0.122 e. The Morgan fingerprint density at radius 3 is 2.62 bits per heavy atom. The third kappa shape index (κ3) is 4.88. The number of hydrogen-bond acceptors (Lipinski definition) is 3. The van der Waals surface area contributed by atoms with Crippen molar-refractivity contribution in [2.24, 2.45) is 5.73 Å². The van der Waals surface area contributed by atoms with Crippen molar-refractivity contribution in [1.29, 1.82) is 0 Å². The number of rotatable bonds is 8. The molecule has 0 atom stereocenters. The summed E-state index contributed by atoms with van der Waals surface area (Å²) >= 11 is 0. The molecule has 21 heavy (non-hydrogen) atoms. The Morgan fingerprint density at radius 1 is 1.00 bits per heavy atom. The first-order valence-corrected chi connectivity index (χ1v) is 7.44. The van der Waals surface area contributed by atoms with Crippen molar-refractivity contribution >= 4 is 0 Å². The number of para-hydroxylation sites is 1. The lowest BCUT2D eigenvalue weighted by Crippen LogP contribution is -2.17. The minimum absolute atomic E-state index is 0.699. The molecular weight excluding hydrogens is 260 g/mol. The summed E-state index contributed by atoms with van der Waals surface area (Å²) in [5.41, 5.74) is 9.45. The molecule has 2 aromatic carbocycles. The van der Waals surface area contributed by atoms with Gasteiger partial charge in [-0.25, -0.2) is 0 Å². The van der Waals surface area contributed by atoms with Gasteiger partial charge in [0.1, 0.15) is 5.75 Å². The highest BCUT2D eigenvalue weighted by Crippen LogP contribution is 2.17. The van der Waals surface area contributed by atoms with E-state index in [-0.39, 0.29) is 0 Å². The topological polar surface area (TPSA) is 47.3 Å². The van der Waals surface area contributed by atoms with Crippen LogP contribution in [-0.2, 0) is 19.4 Å². The average Bonchev–Trinajstić information content (AvgIpc) is 2.53. The van der Waals surface area contributed by atoms with Gasteiger partial charge in [-0.15, -0.1) is 0 Å². The number of ether oxygens (including phenoxy) is 1. The summed E-state index contributed by atoms with van der Waals surface area (Å²) in [5.74, 6) is 0.962. The molecule has 0 unspecified atom stereocenters. The highest BCUT2D eigenvalue weighted by molar-refractivity contribution is 5.33. The van der Waals surface area contributed by atoms with E-state index in [1.807, 2.05) is 18.2 Å². The normalized spacial score (nSPS) is 10.6. The van der Waals surface area contributed by atoms with Crippen LogP contribution in [0.5, 0.6) is 5.75 Å². The molecule has 0 amide bonds. The molecule has 2 rings (SSSR count). The molecular formula is C18H24N2O. The Labute approximate surface area is 127 Å². The molecule has 2 aromatic rings. The lowest BCUT2D eigenvalue weighted by molar-refractivity contribution is 0.409. The summed E-state index contributed by atoms with van der Waals surface area (Å²) in [6.07, 6.45) is 1.90. The van der Waals surface area contributed by atoms with E-state index in [0.29, 0.717) is 6.54 Å². The van der Waals surface area contributed by atoms with Crippen LogP contribution in [0.2, 0.25) is 0 Å². The second-order valence-corrected chi connectivity index (χ2v) is 5.10. The fourth-order valence-electron chi connectivity index (χ4n) is 2.43. The van der Waals surface area contributed by atoms with E-state index in [9.17, 15) is 0 Å². The molecule has 0 fully saturated rings. The molecule has 0 aliphatic heterocycles. The predicted molar refractivity (Wildman–Crippen MR) is 87.6 cm³/mol. The first-order valence-electron chi connectivity index (χ1n) is 7.44.